The van der Waals surface area contributed by atoms with E-state index in [2.05, 4.69) is 88.4 Å². The van der Waals surface area contributed by atoms with Crippen molar-refractivity contribution in [2.24, 2.45) is 10.7 Å². The molecule has 3 N–H and O–H groups in total. The second-order valence-electron chi connectivity index (χ2n) is 10.6. The monoisotopic (exact) mass is 554 g/mol. The molecule has 0 fully saturated rings. The molecular formula is C38H26N4O. The Morgan fingerprint density at radius 3 is 2.12 bits per heavy atom. The van der Waals surface area contributed by atoms with Crippen LogP contribution in [0.5, 0.6) is 11.5 Å². The first-order chi connectivity index (χ1) is 21.2. The minimum atomic E-state index is 0.0990. The number of hydrogen-bond donors (Lipinski definition) is 2. The second kappa shape index (κ2) is 9.86. The predicted molar refractivity (Wildman–Crippen MR) is 176 cm³/mol. The number of hydrogen-bond acceptors (Lipinski definition) is 2. The van der Waals surface area contributed by atoms with Crippen LogP contribution in [0.25, 0.3) is 49.7 Å². The molecule has 0 saturated carbocycles. The largest absolute Gasteiger partial charge is 0.454 e. The van der Waals surface area contributed by atoms with Crippen molar-refractivity contribution in [1.82, 2.24) is 4.57 Å². The Morgan fingerprint density at radius 2 is 1.28 bits per heavy atom. The molecule has 1 aliphatic rings. The highest BCUT2D eigenvalue weighted by molar-refractivity contribution is 6.14. The molecule has 5 nitrogen and oxygen atoms in total. The molecule has 0 spiro atoms. The number of para-hydroxylation sites is 2. The van der Waals surface area contributed by atoms with E-state index in [-0.39, 0.29) is 5.84 Å². The van der Waals surface area contributed by atoms with Gasteiger partial charge in [-0.05, 0) is 41.5 Å². The van der Waals surface area contributed by atoms with Crippen LogP contribution in [0.4, 0.5) is 0 Å². The number of nitrogens with one attached hydrogen (secondary N) is 1. The van der Waals surface area contributed by atoms with Crippen molar-refractivity contribution in [2.75, 3.05) is 0 Å². The Balaban J connectivity index is 1.37. The van der Waals surface area contributed by atoms with Gasteiger partial charge in [0, 0.05) is 38.7 Å². The van der Waals surface area contributed by atoms with E-state index in [1.165, 1.54) is 0 Å². The number of nitrogens with zero attached hydrogens (tertiary/aromatic N) is 2. The standard InChI is InChI=1S/C38H26N4O/c39-37(24-11-2-1-3-12-24)41-38(40)25-13-10-14-26(23-25)42-33-19-8-6-17-29(33)31-21-22-32-28-16-5-4-15-27(28)30-18-7-9-20-34(30)43-36(32)35(31)42/h1-23H,(H3,39,40,41). The summed E-state index contributed by atoms with van der Waals surface area (Å²) in [5, 5.41) is 11.0. The van der Waals surface area contributed by atoms with Crippen molar-refractivity contribution in [3.8, 4) is 39.4 Å². The zero-order valence-electron chi connectivity index (χ0n) is 23.2. The molecule has 1 aromatic heterocycles. The quantitative estimate of drug-likeness (QED) is 0.169. The molecule has 7 aromatic rings. The maximum atomic E-state index is 8.80. The van der Waals surface area contributed by atoms with Gasteiger partial charge >= 0.3 is 0 Å². The van der Waals surface area contributed by atoms with E-state index in [1.54, 1.807) is 0 Å². The van der Waals surface area contributed by atoms with Crippen molar-refractivity contribution >= 4 is 33.5 Å². The molecule has 0 radical (unpaired) electrons. The first kappa shape index (κ1) is 24.8. The summed E-state index contributed by atoms with van der Waals surface area (Å²) in [6, 6.07) is 46.9. The first-order valence-corrected chi connectivity index (χ1v) is 14.2. The molecule has 8 rings (SSSR count). The number of benzene rings is 6. The number of fused-ring (bicyclic) bond motifs is 9. The van der Waals surface area contributed by atoms with Gasteiger partial charge in [-0.25, -0.2) is 4.99 Å². The van der Waals surface area contributed by atoms with Crippen LogP contribution in [0.15, 0.2) is 145 Å². The number of aromatic nitrogens is 1. The summed E-state index contributed by atoms with van der Waals surface area (Å²) < 4.78 is 9.10. The van der Waals surface area contributed by atoms with E-state index >= 15 is 0 Å². The lowest BCUT2D eigenvalue weighted by molar-refractivity contribution is 0.491. The number of rotatable bonds is 3. The molecule has 0 amide bonds. The fraction of sp³-hybridized carbons (Fsp3) is 0. The van der Waals surface area contributed by atoms with Gasteiger partial charge in [-0.1, -0.05) is 109 Å². The highest BCUT2D eigenvalue weighted by atomic mass is 16.5. The van der Waals surface area contributed by atoms with Crippen LogP contribution in [0, 0.1) is 5.41 Å². The number of ether oxygens (including phenoxy) is 1. The van der Waals surface area contributed by atoms with Crippen molar-refractivity contribution in [3.05, 3.63) is 151 Å². The summed E-state index contributed by atoms with van der Waals surface area (Å²) in [6.45, 7) is 0. The average Bonchev–Trinajstić information content (AvgIpc) is 3.32. The van der Waals surface area contributed by atoms with Crippen molar-refractivity contribution in [2.45, 2.75) is 0 Å². The minimum absolute atomic E-state index is 0.0990. The molecule has 0 saturated heterocycles. The third-order valence-corrected chi connectivity index (χ3v) is 8.08. The summed E-state index contributed by atoms with van der Waals surface area (Å²) >= 11 is 0. The van der Waals surface area contributed by atoms with Crippen LogP contribution in [0.1, 0.15) is 11.1 Å². The molecular weight excluding hydrogens is 528 g/mol. The van der Waals surface area contributed by atoms with Gasteiger partial charge in [0.25, 0.3) is 0 Å². The van der Waals surface area contributed by atoms with Gasteiger partial charge in [-0.15, -0.1) is 0 Å². The molecule has 204 valence electrons. The fourth-order valence-corrected chi connectivity index (χ4v) is 6.10. The lowest BCUT2D eigenvalue weighted by atomic mass is 9.94. The summed E-state index contributed by atoms with van der Waals surface area (Å²) in [7, 11) is 0. The van der Waals surface area contributed by atoms with Crippen molar-refractivity contribution in [1.29, 1.82) is 5.41 Å². The maximum Gasteiger partial charge on any atom is 0.159 e. The number of amidine groups is 2. The molecule has 43 heavy (non-hydrogen) atoms. The Bertz CT molecular complexity index is 2240. The van der Waals surface area contributed by atoms with Crippen molar-refractivity contribution < 1.29 is 4.74 Å². The van der Waals surface area contributed by atoms with Crippen molar-refractivity contribution in [3.63, 3.8) is 0 Å². The van der Waals surface area contributed by atoms with E-state index in [4.69, 9.17) is 15.9 Å². The molecule has 0 aliphatic carbocycles. The van der Waals surface area contributed by atoms with Gasteiger partial charge < -0.3 is 15.0 Å². The van der Waals surface area contributed by atoms with Crippen LogP contribution >= 0.6 is 0 Å². The SMILES string of the molecule is N=C(N=C(N)c1ccccc1)c1cccc(-n2c3ccccc3c3ccc4c(c32)Oc2ccccc2-c2ccccc2-4)c1. The topological polar surface area (TPSA) is 76.4 Å². The lowest BCUT2D eigenvalue weighted by Gasteiger charge is -2.15. The van der Waals surface area contributed by atoms with Gasteiger partial charge in [-0.2, -0.15) is 0 Å². The zero-order valence-corrected chi connectivity index (χ0v) is 23.2. The summed E-state index contributed by atoms with van der Waals surface area (Å²) in [6.07, 6.45) is 0. The lowest BCUT2D eigenvalue weighted by Crippen LogP contribution is -2.15. The molecule has 5 heteroatoms. The predicted octanol–water partition coefficient (Wildman–Crippen LogP) is 8.95. The smallest absolute Gasteiger partial charge is 0.159 e. The van der Waals surface area contributed by atoms with Gasteiger partial charge in [0.15, 0.2) is 11.6 Å². The summed E-state index contributed by atoms with van der Waals surface area (Å²) in [5.41, 5.74) is 15.0. The van der Waals surface area contributed by atoms with Crippen LogP contribution in [-0.4, -0.2) is 16.2 Å². The van der Waals surface area contributed by atoms with Crippen LogP contribution in [0.2, 0.25) is 0 Å². The van der Waals surface area contributed by atoms with E-state index in [0.717, 1.165) is 66.8 Å². The summed E-state index contributed by atoms with van der Waals surface area (Å²) in [4.78, 5) is 4.44. The van der Waals surface area contributed by atoms with Gasteiger partial charge in [0.2, 0.25) is 0 Å². The molecule has 0 atom stereocenters. The van der Waals surface area contributed by atoms with E-state index in [1.807, 2.05) is 60.7 Å². The van der Waals surface area contributed by atoms with E-state index in [0.29, 0.717) is 11.4 Å². The van der Waals surface area contributed by atoms with Crippen LogP contribution in [-0.2, 0) is 0 Å². The van der Waals surface area contributed by atoms with Gasteiger partial charge in [0.1, 0.15) is 11.6 Å². The molecule has 1 aliphatic heterocycles. The van der Waals surface area contributed by atoms with E-state index < -0.39 is 0 Å². The highest BCUT2D eigenvalue weighted by Crippen LogP contribution is 2.50. The molecule has 0 bridgehead atoms. The third-order valence-electron chi connectivity index (χ3n) is 8.08. The third kappa shape index (κ3) is 4.02. The normalized spacial score (nSPS) is 12.2. The fourth-order valence-electron chi connectivity index (χ4n) is 6.10. The van der Waals surface area contributed by atoms with Gasteiger partial charge in [0.05, 0.1) is 11.0 Å². The van der Waals surface area contributed by atoms with Crippen LogP contribution in [0.3, 0.4) is 0 Å². The molecule has 0 unspecified atom stereocenters. The Labute approximate surface area is 248 Å². The molecule has 6 aromatic carbocycles. The summed E-state index contributed by atoms with van der Waals surface area (Å²) in [5.74, 6) is 2.03. The first-order valence-electron chi connectivity index (χ1n) is 14.2. The average molecular weight is 555 g/mol. The Morgan fingerprint density at radius 1 is 0.605 bits per heavy atom. The van der Waals surface area contributed by atoms with Gasteiger partial charge in [-0.3, -0.25) is 5.41 Å². The van der Waals surface area contributed by atoms with Crippen LogP contribution < -0.4 is 10.5 Å². The highest BCUT2D eigenvalue weighted by Gasteiger charge is 2.25. The molecule has 2 heterocycles. The second-order valence-corrected chi connectivity index (χ2v) is 10.6. The minimum Gasteiger partial charge on any atom is -0.454 e. The maximum absolute atomic E-state index is 8.80. The Hall–Kier alpha value is -5.94. The number of aliphatic imine (C=N–C) groups is 1. The zero-order chi connectivity index (χ0) is 28.9. The van der Waals surface area contributed by atoms with E-state index in [9.17, 15) is 0 Å². The Kier molecular flexibility index (Phi) is 5.69. The number of nitrogens with two attached hydrogens (primary N) is 1.